The fourth-order valence-electron chi connectivity index (χ4n) is 1.63. The summed E-state index contributed by atoms with van der Waals surface area (Å²) >= 11 is 5.10. The maximum Gasteiger partial charge on any atom is 0.160 e. The van der Waals surface area contributed by atoms with E-state index in [9.17, 15) is 0 Å². The van der Waals surface area contributed by atoms with Crippen LogP contribution < -0.4 is 0 Å². The first-order valence-corrected chi connectivity index (χ1v) is 5.89. The largest absolute Gasteiger partial charge is 0.229 e. The fraction of sp³-hybridized carbons (Fsp3) is 0. The Morgan fingerprint density at radius 1 is 1.07 bits per heavy atom. The molecule has 1 heterocycles. The van der Waals surface area contributed by atoms with Gasteiger partial charge in [-0.15, -0.1) is 11.3 Å². The van der Waals surface area contributed by atoms with Crippen LogP contribution in [0.5, 0.6) is 0 Å². The molecule has 0 fully saturated rings. The minimum Gasteiger partial charge on any atom is -0.229 e. The molecule has 1 nitrogen and oxygen atoms in total. The molecule has 0 bridgehead atoms. The number of benzene rings is 2. The number of hydrogen-bond acceptors (Lipinski definition) is 2. The summed E-state index contributed by atoms with van der Waals surface area (Å²) < 4.78 is 2.21. The van der Waals surface area contributed by atoms with Gasteiger partial charge in [-0.05, 0) is 27.4 Å². The minimum absolute atomic E-state index is 0.948. The summed E-state index contributed by atoms with van der Waals surface area (Å²) in [4.78, 5) is 4.40. The molecule has 0 radical (unpaired) electrons. The van der Waals surface area contributed by atoms with Gasteiger partial charge < -0.3 is 0 Å². The van der Waals surface area contributed by atoms with Crippen molar-refractivity contribution in [3.05, 3.63) is 40.3 Å². The lowest BCUT2D eigenvalue weighted by Crippen LogP contribution is -1.72. The molecule has 0 aliphatic heterocycles. The second kappa shape index (κ2) is 3.04. The van der Waals surface area contributed by atoms with Gasteiger partial charge in [0.15, 0.2) is 3.92 Å². The number of hydrogen-bond donors (Lipinski definition) is 0. The third kappa shape index (κ3) is 1.16. The Bertz CT molecular complexity index is 615. The topological polar surface area (TPSA) is 12.9 Å². The molecule has 2 aromatic carbocycles. The number of rotatable bonds is 0. The van der Waals surface area contributed by atoms with Gasteiger partial charge in [-0.3, -0.25) is 0 Å². The van der Waals surface area contributed by atoms with Crippen molar-refractivity contribution in [1.29, 1.82) is 0 Å². The van der Waals surface area contributed by atoms with Gasteiger partial charge in [-0.25, -0.2) is 4.98 Å². The quantitative estimate of drug-likeness (QED) is 0.592. The van der Waals surface area contributed by atoms with Gasteiger partial charge in [0.1, 0.15) is 0 Å². The van der Waals surface area contributed by atoms with Gasteiger partial charge in [0, 0.05) is 5.39 Å². The first-order chi connectivity index (χ1) is 6.84. The number of fused-ring (bicyclic) bond motifs is 3. The smallest absolute Gasteiger partial charge is 0.160 e. The van der Waals surface area contributed by atoms with Crippen molar-refractivity contribution in [3.63, 3.8) is 0 Å². The Kier molecular flexibility index (Phi) is 1.82. The minimum atomic E-state index is 0.948. The highest BCUT2D eigenvalue weighted by Gasteiger charge is 2.04. The van der Waals surface area contributed by atoms with Crippen molar-refractivity contribution < 1.29 is 0 Å². The van der Waals surface area contributed by atoms with Crippen LogP contribution in [0.2, 0.25) is 0 Å². The van der Waals surface area contributed by atoms with Crippen molar-refractivity contribution in [3.8, 4) is 0 Å². The van der Waals surface area contributed by atoms with Crippen LogP contribution in [0, 0.1) is 0 Å². The highest BCUT2D eigenvalue weighted by atomic mass is 79.9. The molecule has 3 aromatic rings. The average Bonchev–Trinajstić information content (AvgIpc) is 2.59. The first kappa shape index (κ1) is 8.38. The second-order valence-corrected chi connectivity index (χ2v) is 5.38. The third-order valence-electron chi connectivity index (χ3n) is 2.25. The highest BCUT2D eigenvalue weighted by molar-refractivity contribution is 9.11. The summed E-state index contributed by atoms with van der Waals surface area (Å²) in [5, 5.41) is 2.56. The van der Waals surface area contributed by atoms with E-state index in [-0.39, 0.29) is 0 Å². The zero-order valence-corrected chi connectivity index (χ0v) is 9.60. The molecule has 0 N–H and O–H groups in total. The summed E-state index contributed by atoms with van der Waals surface area (Å²) in [5.41, 5.74) is 1.07. The van der Waals surface area contributed by atoms with Crippen LogP contribution in [-0.4, -0.2) is 4.98 Å². The van der Waals surface area contributed by atoms with Crippen LogP contribution in [0.15, 0.2) is 40.3 Å². The predicted molar refractivity (Wildman–Crippen MR) is 64.8 cm³/mol. The van der Waals surface area contributed by atoms with Crippen molar-refractivity contribution in [2.45, 2.75) is 0 Å². The van der Waals surface area contributed by atoms with E-state index in [1.54, 1.807) is 11.3 Å². The van der Waals surface area contributed by atoms with E-state index in [0.717, 1.165) is 9.43 Å². The molecule has 3 rings (SSSR count). The van der Waals surface area contributed by atoms with Gasteiger partial charge in [-0.1, -0.05) is 30.3 Å². The molecule has 0 spiro atoms. The van der Waals surface area contributed by atoms with Crippen molar-refractivity contribution >= 4 is 48.3 Å². The molecule has 3 heteroatoms. The molecule has 0 aliphatic rings. The predicted octanol–water partition coefficient (Wildman–Crippen LogP) is 4.21. The Morgan fingerprint density at radius 3 is 2.86 bits per heavy atom. The van der Waals surface area contributed by atoms with Gasteiger partial charge in [0.05, 0.1) is 10.2 Å². The molecule has 0 saturated carbocycles. The highest BCUT2D eigenvalue weighted by Crippen LogP contribution is 2.32. The standard InChI is InChI=1S/C11H6BrNS/c12-11-13-9-6-5-7-3-1-2-4-8(7)10(9)14-11/h1-6H. The van der Waals surface area contributed by atoms with Gasteiger partial charge in [-0.2, -0.15) is 0 Å². The SMILES string of the molecule is Brc1nc2ccc3ccccc3c2s1. The second-order valence-electron chi connectivity index (χ2n) is 3.10. The number of halogens is 1. The van der Waals surface area contributed by atoms with E-state index in [0.29, 0.717) is 0 Å². The normalized spacial score (nSPS) is 11.2. The van der Waals surface area contributed by atoms with Crippen LogP contribution in [0.4, 0.5) is 0 Å². The summed E-state index contributed by atoms with van der Waals surface area (Å²) in [6, 6.07) is 12.6. The van der Waals surface area contributed by atoms with Crippen molar-refractivity contribution in [2.24, 2.45) is 0 Å². The third-order valence-corrected chi connectivity index (χ3v) is 3.81. The number of thiazole rings is 1. The summed E-state index contributed by atoms with van der Waals surface area (Å²) in [7, 11) is 0. The molecule has 0 atom stereocenters. The maximum atomic E-state index is 4.40. The molecular formula is C11H6BrNS. The molecule has 1 aromatic heterocycles. The summed E-state index contributed by atoms with van der Waals surface area (Å²) in [5.74, 6) is 0. The van der Waals surface area contributed by atoms with Gasteiger partial charge in [0.25, 0.3) is 0 Å². The van der Waals surface area contributed by atoms with E-state index in [4.69, 9.17) is 0 Å². The Balaban J connectivity index is 2.60. The molecule has 0 saturated heterocycles. The molecule has 0 amide bonds. The lowest BCUT2D eigenvalue weighted by molar-refractivity contribution is 1.45. The van der Waals surface area contributed by atoms with Crippen LogP contribution in [-0.2, 0) is 0 Å². The Morgan fingerprint density at radius 2 is 1.93 bits per heavy atom. The van der Waals surface area contributed by atoms with Crippen molar-refractivity contribution in [2.75, 3.05) is 0 Å². The lowest BCUT2D eigenvalue weighted by atomic mass is 10.1. The average molecular weight is 264 g/mol. The Hall–Kier alpha value is -0.930. The van der Waals surface area contributed by atoms with E-state index >= 15 is 0 Å². The van der Waals surface area contributed by atoms with Crippen molar-refractivity contribution in [1.82, 2.24) is 4.98 Å². The van der Waals surface area contributed by atoms with Gasteiger partial charge in [0.2, 0.25) is 0 Å². The van der Waals surface area contributed by atoms with Crippen LogP contribution in [0.3, 0.4) is 0 Å². The monoisotopic (exact) mass is 263 g/mol. The van der Waals surface area contributed by atoms with Gasteiger partial charge >= 0.3 is 0 Å². The van der Waals surface area contributed by atoms with Crippen LogP contribution in [0.25, 0.3) is 21.0 Å². The zero-order valence-electron chi connectivity index (χ0n) is 7.20. The molecule has 0 aliphatic carbocycles. The lowest BCUT2D eigenvalue weighted by Gasteiger charge is -1.96. The zero-order chi connectivity index (χ0) is 9.54. The first-order valence-electron chi connectivity index (χ1n) is 4.28. The molecule has 68 valence electrons. The van der Waals surface area contributed by atoms with Crippen LogP contribution in [0.1, 0.15) is 0 Å². The molecular weight excluding hydrogens is 258 g/mol. The molecule has 0 unspecified atom stereocenters. The number of aromatic nitrogens is 1. The molecule has 14 heavy (non-hydrogen) atoms. The van der Waals surface area contributed by atoms with E-state index < -0.39 is 0 Å². The maximum absolute atomic E-state index is 4.40. The summed E-state index contributed by atoms with van der Waals surface area (Å²) in [6.45, 7) is 0. The number of nitrogens with zero attached hydrogens (tertiary/aromatic N) is 1. The summed E-state index contributed by atoms with van der Waals surface area (Å²) in [6.07, 6.45) is 0. The fourth-order valence-corrected chi connectivity index (χ4v) is 3.13. The van der Waals surface area contributed by atoms with E-state index in [2.05, 4.69) is 57.3 Å². The van der Waals surface area contributed by atoms with E-state index in [1.165, 1.54) is 15.5 Å². The van der Waals surface area contributed by atoms with E-state index in [1.807, 2.05) is 0 Å². The Labute approximate surface area is 93.5 Å². The van der Waals surface area contributed by atoms with Crippen LogP contribution >= 0.6 is 27.3 Å².